The second-order valence-electron chi connectivity index (χ2n) is 4.44. The minimum Gasteiger partial charge on any atom is -0.306 e. The zero-order valence-corrected chi connectivity index (χ0v) is 15.6. The van der Waals surface area contributed by atoms with E-state index in [9.17, 15) is 8.78 Å². The summed E-state index contributed by atoms with van der Waals surface area (Å²) in [6.07, 6.45) is 0. The van der Waals surface area contributed by atoms with E-state index in [-0.39, 0.29) is 11.1 Å². The third-order valence-electron chi connectivity index (χ3n) is 3.03. The van der Waals surface area contributed by atoms with Crippen molar-refractivity contribution in [2.24, 2.45) is 0 Å². The SMILES string of the molecule is CCNC(c1cc(F)c(F)cc1Cl)c1cc(I)ccc1Br. The molecule has 0 spiro atoms. The molecule has 1 atom stereocenters. The molecule has 1 N–H and O–H groups in total. The Labute approximate surface area is 149 Å². The van der Waals surface area contributed by atoms with Crippen LogP contribution in [0.1, 0.15) is 24.1 Å². The lowest BCUT2D eigenvalue weighted by Crippen LogP contribution is -2.23. The van der Waals surface area contributed by atoms with Gasteiger partial charge in [-0.25, -0.2) is 8.78 Å². The molecular formula is C15H12BrClF2IN. The second-order valence-corrected chi connectivity index (χ2v) is 6.95. The predicted octanol–water partition coefficient (Wildman–Crippen LogP) is 5.68. The first-order valence-electron chi connectivity index (χ1n) is 6.26. The molecule has 0 saturated heterocycles. The van der Waals surface area contributed by atoms with Crippen molar-refractivity contribution in [1.29, 1.82) is 0 Å². The van der Waals surface area contributed by atoms with Gasteiger partial charge in [0.05, 0.1) is 6.04 Å². The minimum atomic E-state index is -0.944. The van der Waals surface area contributed by atoms with Crippen molar-refractivity contribution in [3.63, 3.8) is 0 Å². The molecule has 1 unspecified atom stereocenters. The normalized spacial score (nSPS) is 12.5. The zero-order chi connectivity index (χ0) is 15.6. The predicted molar refractivity (Wildman–Crippen MR) is 93.7 cm³/mol. The summed E-state index contributed by atoms with van der Waals surface area (Å²) in [5.41, 5.74) is 1.44. The van der Waals surface area contributed by atoms with Gasteiger partial charge >= 0.3 is 0 Å². The summed E-state index contributed by atoms with van der Waals surface area (Å²) in [6, 6.07) is 7.71. The summed E-state index contributed by atoms with van der Waals surface area (Å²) >= 11 is 11.8. The lowest BCUT2D eigenvalue weighted by Gasteiger charge is -2.22. The lowest BCUT2D eigenvalue weighted by molar-refractivity contribution is 0.504. The van der Waals surface area contributed by atoms with Crippen LogP contribution in [0, 0.1) is 15.2 Å². The largest absolute Gasteiger partial charge is 0.306 e. The third-order valence-corrected chi connectivity index (χ3v) is 4.75. The highest BCUT2D eigenvalue weighted by molar-refractivity contribution is 14.1. The molecule has 0 aliphatic carbocycles. The van der Waals surface area contributed by atoms with E-state index in [1.165, 1.54) is 0 Å². The molecule has 112 valence electrons. The molecule has 2 aromatic carbocycles. The van der Waals surface area contributed by atoms with Crippen LogP contribution in [-0.4, -0.2) is 6.54 Å². The molecule has 0 saturated carbocycles. The first-order valence-corrected chi connectivity index (χ1v) is 8.51. The van der Waals surface area contributed by atoms with E-state index in [4.69, 9.17) is 11.6 Å². The Kier molecular flexibility index (Phi) is 5.99. The Bertz CT molecular complexity index is 666. The fraction of sp³-hybridized carbons (Fsp3) is 0.200. The standard InChI is InChI=1S/C15H12BrClF2IN/c1-2-21-15(9-5-8(20)3-4-11(9)16)10-6-13(18)14(19)7-12(10)17/h3-7,15,21H,2H2,1H3. The summed E-state index contributed by atoms with van der Waals surface area (Å²) in [4.78, 5) is 0. The number of hydrogen-bond acceptors (Lipinski definition) is 1. The molecule has 0 aromatic heterocycles. The number of rotatable bonds is 4. The van der Waals surface area contributed by atoms with Crippen LogP contribution in [-0.2, 0) is 0 Å². The van der Waals surface area contributed by atoms with Crippen LogP contribution >= 0.6 is 50.1 Å². The van der Waals surface area contributed by atoms with Gasteiger partial charge in [0.1, 0.15) is 0 Å². The van der Waals surface area contributed by atoms with Gasteiger partial charge in [-0.2, -0.15) is 0 Å². The van der Waals surface area contributed by atoms with Crippen LogP contribution in [0.2, 0.25) is 5.02 Å². The van der Waals surface area contributed by atoms with E-state index >= 15 is 0 Å². The second kappa shape index (κ2) is 7.35. The fourth-order valence-electron chi connectivity index (χ4n) is 2.09. The topological polar surface area (TPSA) is 12.0 Å². The highest BCUT2D eigenvalue weighted by Crippen LogP contribution is 2.34. The summed E-state index contributed by atoms with van der Waals surface area (Å²) in [5, 5.41) is 3.46. The minimum absolute atomic E-state index is 0.200. The summed E-state index contributed by atoms with van der Waals surface area (Å²) in [5.74, 6) is -1.85. The molecule has 0 radical (unpaired) electrons. The van der Waals surface area contributed by atoms with E-state index < -0.39 is 11.6 Å². The van der Waals surface area contributed by atoms with E-state index in [0.717, 1.165) is 25.7 Å². The van der Waals surface area contributed by atoms with Gasteiger partial charge in [0.15, 0.2) is 11.6 Å². The average molecular weight is 487 g/mol. The van der Waals surface area contributed by atoms with Crippen LogP contribution in [0.3, 0.4) is 0 Å². The van der Waals surface area contributed by atoms with Crippen molar-refractivity contribution < 1.29 is 8.78 Å². The Hall–Kier alpha value is -0.240. The molecule has 0 fully saturated rings. The lowest BCUT2D eigenvalue weighted by atomic mass is 9.98. The molecule has 0 aliphatic heterocycles. The summed E-state index contributed by atoms with van der Waals surface area (Å²) in [6.45, 7) is 2.61. The van der Waals surface area contributed by atoms with Crippen LogP contribution < -0.4 is 5.32 Å². The van der Waals surface area contributed by atoms with Gasteiger partial charge in [0.2, 0.25) is 0 Å². The fourth-order valence-corrected chi connectivity index (χ4v) is 3.34. The summed E-state index contributed by atoms with van der Waals surface area (Å²) in [7, 11) is 0. The highest BCUT2D eigenvalue weighted by atomic mass is 127. The molecule has 2 rings (SSSR count). The third kappa shape index (κ3) is 3.94. The number of hydrogen-bond donors (Lipinski definition) is 1. The molecule has 0 heterocycles. The van der Waals surface area contributed by atoms with Gasteiger partial charge in [-0.05, 0) is 70.6 Å². The molecular weight excluding hydrogens is 474 g/mol. The number of halogens is 5. The average Bonchev–Trinajstić information content (AvgIpc) is 2.43. The number of nitrogens with one attached hydrogen (secondary N) is 1. The van der Waals surface area contributed by atoms with Gasteiger partial charge in [-0.1, -0.05) is 34.5 Å². The summed E-state index contributed by atoms with van der Waals surface area (Å²) < 4.78 is 28.8. The van der Waals surface area contributed by atoms with Gasteiger partial charge in [0, 0.05) is 13.1 Å². The maximum Gasteiger partial charge on any atom is 0.160 e. The van der Waals surface area contributed by atoms with Crippen molar-refractivity contribution in [1.82, 2.24) is 5.32 Å². The van der Waals surface area contributed by atoms with E-state index in [0.29, 0.717) is 12.1 Å². The zero-order valence-electron chi connectivity index (χ0n) is 11.1. The Balaban J connectivity index is 2.58. The molecule has 0 aliphatic rings. The van der Waals surface area contributed by atoms with E-state index in [1.807, 2.05) is 25.1 Å². The van der Waals surface area contributed by atoms with Crippen LogP contribution in [0.15, 0.2) is 34.8 Å². The van der Waals surface area contributed by atoms with E-state index in [2.05, 4.69) is 43.8 Å². The van der Waals surface area contributed by atoms with Crippen molar-refractivity contribution >= 4 is 50.1 Å². The molecule has 21 heavy (non-hydrogen) atoms. The maximum absolute atomic E-state index is 13.6. The quantitative estimate of drug-likeness (QED) is 0.433. The van der Waals surface area contributed by atoms with Gasteiger partial charge in [0.25, 0.3) is 0 Å². The first kappa shape index (κ1) is 17.1. The molecule has 1 nitrogen and oxygen atoms in total. The monoisotopic (exact) mass is 485 g/mol. The number of benzene rings is 2. The van der Waals surface area contributed by atoms with Crippen molar-refractivity contribution in [2.45, 2.75) is 13.0 Å². The molecule has 0 bridgehead atoms. The Morgan fingerprint density at radius 3 is 2.52 bits per heavy atom. The smallest absolute Gasteiger partial charge is 0.160 e. The van der Waals surface area contributed by atoms with E-state index in [1.54, 1.807) is 0 Å². The van der Waals surface area contributed by atoms with Crippen LogP contribution in [0.25, 0.3) is 0 Å². The molecule has 0 amide bonds. The van der Waals surface area contributed by atoms with Crippen molar-refractivity contribution in [3.8, 4) is 0 Å². The maximum atomic E-state index is 13.6. The van der Waals surface area contributed by atoms with Crippen LogP contribution in [0.5, 0.6) is 0 Å². The van der Waals surface area contributed by atoms with Gasteiger partial charge in [-0.15, -0.1) is 0 Å². The van der Waals surface area contributed by atoms with Crippen molar-refractivity contribution in [2.75, 3.05) is 6.54 Å². The van der Waals surface area contributed by atoms with Gasteiger partial charge < -0.3 is 5.32 Å². The first-order chi connectivity index (χ1) is 9.93. The Morgan fingerprint density at radius 1 is 1.19 bits per heavy atom. The molecule has 2 aromatic rings. The van der Waals surface area contributed by atoms with Gasteiger partial charge in [-0.3, -0.25) is 0 Å². The van der Waals surface area contributed by atoms with Crippen LogP contribution in [0.4, 0.5) is 8.78 Å². The van der Waals surface area contributed by atoms with Crippen molar-refractivity contribution in [3.05, 3.63) is 66.2 Å². The highest BCUT2D eigenvalue weighted by Gasteiger charge is 2.21. The molecule has 6 heteroatoms. The Morgan fingerprint density at radius 2 is 1.86 bits per heavy atom.